The molecule has 28 heavy (non-hydrogen) atoms. The second-order valence-electron chi connectivity index (χ2n) is 7.56. The predicted octanol–water partition coefficient (Wildman–Crippen LogP) is 2.87. The Hall–Kier alpha value is -2.94. The van der Waals surface area contributed by atoms with E-state index < -0.39 is 11.6 Å². The number of nitriles is 1. The zero-order valence-electron chi connectivity index (χ0n) is 16.4. The number of unbranched alkanes of at least 4 members (excludes halogenated alkanes) is 3. The van der Waals surface area contributed by atoms with Crippen LogP contribution < -0.4 is 5.32 Å². The van der Waals surface area contributed by atoms with E-state index in [-0.39, 0.29) is 30.2 Å². The van der Waals surface area contributed by atoms with Crippen LogP contribution in [0.4, 0.5) is 0 Å². The number of aryl methyl sites for hydroxylation is 1. The summed E-state index contributed by atoms with van der Waals surface area (Å²) >= 11 is 0. The van der Waals surface area contributed by atoms with Crippen LogP contribution in [0.5, 0.6) is 0 Å². The van der Waals surface area contributed by atoms with Crippen LogP contribution in [0.2, 0.25) is 0 Å². The average Bonchev–Trinajstić information content (AvgIpc) is 3.19. The third kappa shape index (κ3) is 3.70. The van der Waals surface area contributed by atoms with Gasteiger partial charge in [-0.1, -0.05) is 56.0 Å². The Balaban J connectivity index is 1.75. The topological polar surface area (TPSA) is 90.0 Å². The maximum absolute atomic E-state index is 12.5. The number of benzene rings is 1. The van der Waals surface area contributed by atoms with Crippen LogP contribution in [0, 0.1) is 18.3 Å². The van der Waals surface area contributed by atoms with Crippen molar-refractivity contribution in [3.8, 4) is 6.07 Å². The van der Waals surface area contributed by atoms with Crippen LogP contribution in [0.1, 0.15) is 56.6 Å². The van der Waals surface area contributed by atoms with Gasteiger partial charge in [-0.3, -0.25) is 14.4 Å². The van der Waals surface area contributed by atoms with Crippen LogP contribution in [0.15, 0.2) is 29.8 Å². The number of hydrogen-bond donors (Lipinski definition) is 1. The highest BCUT2D eigenvalue weighted by molar-refractivity contribution is 6.16. The SMILES string of the molecule is CCCCCCC(=O)CN1C(=O)C12CC(c1ccc(C)cc1)=C(C#N)C(=O)N2. The van der Waals surface area contributed by atoms with Crippen molar-refractivity contribution in [2.24, 2.45) is 0 Å². The lowest BCUT2D eigenvalue weighted by molar-refractivity contribution is -0.122. The number of nitrogens with one attached hydrogen (secondary N) is 1. The van der Waals surface area contributed by atoms with E-state index in [1.54, 1.807) is 0 Å². The molecule has 6 nitrogen and oxygen atoms in total. The fourth-order valence-electron chi connectivity index (χ4n) is 3.71. The number of ketones is 1. The highest BCUT2D eigenvalue weighted by atomic mass is 16.2. The van der Waals surface area contributed by atoms with Crippen molar-refractivity contribution < 1.29 is 14.4 Å². The molecule has 0 saturated carbocycles. The Morgan fingerprint density at radius 1 is 1.21 bits per heavy atom. The summed E-state index contributed by atoms with van der Waals surface area (Å²) in [5.41, 5.74) is 1.21. The Labute approximate surface area is 165 Å². The van der Waals surface area contributed by atoms with E-state index in [1.807, 2.05) is 37.3 Å². The second kappa shape index (κ2) is 7.97. The van der Waals surface area contributed by atoms with Gasteiger partial charge in [0, 0.05) is 12.8 Å². The lowest BCUT2D eigenvalue weighted by Crippen LogP contribution is -2.46. The molecule has 0 bridgehead atoms. The van der Waals surface area contributed by atoms with Crippen LogP contribution in [-0.4, -0.2) is 34.7 Å². The summed E-state index contributed by atoms with van der Waals surface area (Å²) in [4.78, 5) is 38.7. The van der Waals surface area contributed by atoms with Crippen molar-refractivity contribution in [2.75, 3.05) is 6.54 Å². The van der Waals surface area contributed by atoms with Gasteiger partial charge in [0.1, 0.15) is 11.6 Å². The molecule has 0 radical (unpaired) electrons. The average molecular weight is 379 g/mol. The van der Waals surface area contributed by atoms with Crippen LogP contribution >= 0.6 is 0 Å². The normalized spacial score (nSPS) is 21.0. The van der Waals surface area contributed by atoms with E-state index in [1.165, 1.54) is 4.90 Å². The quantitative estimate of drug-likeness (QED) is 0.555. The number of Topliss-reactive ketones (excluding diaryl/α,β-unsaturated/α-hetero) is 1. The summed E-state index contributed by atoms with van der Waals surface area (Å²) in [5, 5.41) is 12.1. The minimum atomic E-state index is -1.18. The van der Waals surface area contributed by atoms with Crippen molar-refractivity contribution in [3.05, 3.63) is 41.0 Å². The first-order valence-corrected chi connectivity index (χ1v) is 9.79. The molecular formula is C22H25N3O3. The van der Waals surface area contributed by atoms with E-state index in [0.717, 1.165) is 36.8 Å². The molecule has 2 aliphatic rings. The molecule has 1 aromatic rings. The predicted molar refractivity (Wildman–Crippen MR) is 105 cm³/mol. The lowest BCUT2D eigenvalue weighted by atomic mass is 9.89. The fraction of sp³-hybridized carbons (Fsp3) is 0.455. The van der Waals surface area contributed by atoms with Gasteiger partial charge in [-0.25, -0.2) is 0 Å². The zero-order chi connectivity index (χ0) is 20.3. The van der Waals surface area contributed by atoms with Gasteiger partial charge in [0.25, 0.3) is 11.8 Å². The summed E-state index contributed by atoms with van der Waals surface area (Å²) in [6.45, 7) is 4.07. The second-order valence-corrected chi connectivity index (χ2v) is 7.56. The third-order valence-corrected chi connectivity index (χ3v) is 5.45. The summed E-state index contributed by atoms with van der Waals surface area (Å²) in [7, 11) is 0. The molecule has 1 saturated heterocycles. The molecule has 0 aromatic heterocycles. The summed E-state index contributed by atoms with van der Waals surface area (Å²) in [5.74, 6) is -0.817. The van der Waals surface area contributed by atoms with Crippen LogP contribution in [-0.2, 0) is 14.4 Å². The molecule has 0 aliphatic carbocycles. The van der Waals surface area contributed by atoms with Gasteiger partial charge in [0.15, 0.2) is 5.78 Å². The van der Waals surface area contributed by atoms with E-state index in [4.69, 9.17) is 0 Å². The molecule has 1 atom stereocenters. The third-order valence-electron chi connectivity index (χ3n) is 5.45. The molecular weight excluding hydrogens is 354 g/mol. The molecule has 1 N–H and O–H groups in total. The molecule has 1 unspecified atom stereocenters. The van der Waals surface area contributed by atoms with Crippen molar-refractivity contribution >= 4 is 23.2 Å². The van der Waals surface area contributed by atoms with Crippen molar-refractivity contribution in [3.63, 3.8) is 0 Å². The Bertz CT molecular complexity index is 879. The fourth-order valence-corrected chi connectivity index (χ4v) is 3.71. The number of rotatable bonds is 8. The standard InChI is InChI=1S/C22H25N3O3/c1-3-4-5-6-7-17(26)14-25-21(28)22(25)12-18(19(13-23)20(27)24-22)16-10-8-15(2)9-11-16/h8-11H,3-7,12,14H2,1-2H3,(H,24,27). The van der Waals surface area contributed by atoms with Gasteiger partial charge in [-0.05, 0) is 24.5 Å². The van der Waals surface area contributed by atoms with Gasteiger partial charge >= 0.3 is 0 Å². The van der Waals surface area contributed by atoms with Crippen LogP contribution in [0.3, 0.4) is 0 Å². The molecule has 3 rings (SSSR count). The molecule has 2 aliphatic heterocycles. The highest BCUT2D eigenvalue weighted by Crippen LogP contribution is 2.44. The van der Waals surface area contributed by atoms with Crippen molar-refractivity contribution in [1.82, 2.24) is 10.2 Å². The number of hydrogen-bond acceptors (Lipinski definition) is 4. The van der Waals surface area contributed by atoms with Gasteiger partial charge in [-0.2, -0.15) is 5.26 Å². The summed E-state index contributed by atoms with van der Waals surface area (Å²) in [6.07, 6.45) is 4.66. The van der Waals surface area contributed by atoms with E-state index >= 15 is 0 Å². The first-order chi connectivity index (χ1) is 13.4. The zero-order valence-corrected chi connectivity index (χ0v) is 16.4. The molecule has 146 valence electrons. The van der Waals surface area contributed by atoms with Gasteiger partial charge in [0.2, 0.25) is 5.66 Å². The Morgan fingerprint density at radius 3 is 2.57 bits per heavy atom. The van der Waals surface area contributed by atoms with E-state index in [2.05, 4.69) is 12.2 Å². The first kappa shape index (κ1) is 19.8. The van der Waals surface area contributed by atoms with Gasteiger partial charge in [-0.15, -0.1) is 0 Å². The minimum Gasteiger partial charge on any atom is -0.320 e. The molecule has 2 amide bonds. The molecule has 1 aromatic carbocycles. The number of carbonyl (C=O) groups is 3. The van der Waals surface area contributed by atoms with E-state index in [0.29, 0.717) is 12.0 Å². The summed E-state index contributed by atoms with van der Waals surface area (Å²) < 4.78 is 0. The maximum Gasteiger partial charge on any atom is 0.272 e. The van der Waals surface area contributed by atoms with Crippen molar-refractivity contribution in [2.45, 2.75) is 58.0 Å². The molecule has 1 fully saturated rings. The highest BCUT2D eigenvalue weighted by Gasteiger charge is 2.66. The van der Waals surface area contributed by atoms with E-state index in [9.17, 15) is 19.6 Å². The largest absolute Gasteiger partial charge is 0.320 e. The Kier molecular flexibility index (Phi) is 5.64. The monoisotopic (exact) mass is 379 g/mol. The molecule has 1 spiro atoms. The molecule has 6 heteroatoms. The Morgan fingerprint density at radius 2 is 1.93 bits per heavy atom. The number of amides is 2. The van der Waals surface area contributed by atoms with Crippen molar-refractivity contribution in [1.29, 1.82) is 5.26 Å². The minimum absolute atomic E-state index is 0.00234. The summed E-state index contributed by atoms with van der Waals surface area (Å²) in [6, 6.07) is 9.48. The lowest BCUT2D eigenvalue weighted by Gasteiger charge is -2.25. The van der Waals surface area contributed by atoms with Gasteiger partial charge < -0.3 is 10.2 Å². The number of nitrogens with zero attached hydrogens (tertiary/aromatic N) is 2. The smallest absolute Gasteiger partial charge is 0.272 e. The van der Waals surface area contributed by atoms with Gasteiger partial charge in [0.05, 0.1) is 6.54 Å². The first-order valence-electron chi connectivity index (χ1n) is 9.79. The molecule has 2 heterocycles. The van der Waals surface area contributed by atoms with Crippen LogP contribution in [0.25, 0.3) is 5.57 Å². The number of carbonyl (C=O) groups excluding carboxylic acids is 3. The maximum atomic E-state index is 12.5.